The summed E-state index contributed by atoms with van der Waals surface area (Å²) in [5, 5.41) is 3.20. The van der Waals surface area contributed by atoms with E-state index in [1.165, 1.54) is 6.07 Å². The summed E-state index contributed by atoms with van der Waals surface area (Å²) < 4.78 is 25.6. The molecule has 0 spiro atoms. The van der Waals surface area contributed by atoms with Gasteiger partial charge in [0.2, 0.25) is 0 Å². The number of ketones is 1. The molecule has 1 unspecified atom stereocenters. The summed E-state index contributed by atoms with van der Waals surface area (Å²) in [7, 11) is 0. The fourth-order valence-corrected chi connectivity index (χ4v) is 2.16. The maximum absolute atomic E-state index is 12.9. The molecule has 92 valence electrons. The molecular weight excluding hydrogens is 224 g/mol. The van der Waals surface area contributed by atoms with Gasteiger partial charge in [-0.15, -0.1) is 0 Å². The SMILES string of the molecule is O=C(Cc1ccc(F)c(F)c1)CC1CCNC1. The van der Waals surface area contributed by atoms with E-state index in [0.717, 1.165) is 31.6 Å². The van der Waals surface area contributed by atoms with Crippen molar-refractivity contribution >= 4 is 5.78 Å². The molecule has 0 aliphatic carbocycles. The molecule has 0 bridgehead atoms. The molecule has 0 saturated carbocycles. The quantitative estimate of drug-likeness (QED) is 0.871. The highest BCUT2D eigenvalue weighted by molar-refractivity contribution is 5.81. The first-order chi connectivity index (χ1) is 8.15. The van der Waals surface area contributed by atoms with E-state index in [9.17, 15) is 13.6 Å². The van der Waals surface area contributed by atoms with Gasteiger partial charge in [-0.1, -0.05) is 6.07 Å². The van der Waals surface area contributed by atoms with Crippen molar-refractivity contribution in [1.82, 2.24) is 5.32 Å². The van der Waals surface area contributed by atoms with Gasteiger partial charge in [-0.05, 0) is 43.1 Å². The minimum absolute atomic E-state index is 0.0877. The lowest BCUT2D eigenvalue weighted by molar-refractivity contribution is -0.119. The molecule has 0 aromatic heterocycles. The summed E-state index contributed by atoms with van der Waals surface area (Å²) in [6.07, 6.45) is 1.73. The number of carbonyl (C=O) groups excluding carboxylic acids is 1. The summed E-state index contributed by atoms with van der Waals surface area (Å²) in [6.45, 7) is 1.84. The molecule has 1 aromatic rings. The average molecular weight is 239 g/mol. The number of hydrogen-bond acceptors (Lipinski definition) is 2. The van der Waals surface area contributed by atoms with Crippen molar-refractivity contribution in [2.75, 3.05) is 13.1 Å². The molecule has 1 atom stereocenters. The lowest BCUT2D eigenvalue weighted by Gasteiger charge is -2.07. The van der Waals surface area contributed by atoms with Crippen LogP contribution in [0.2, 0.25) is 0 Å². The van der Waals surface area contributed by atoms with Crippen LogP contribution in [0.25, 0.3) is 0 Å². The van der Waals surface area contributed by atoms with Gasteiger partial charge in [0.05, 0.1) is 0 Å². The number of nitrogens with one attached hydrogen (secondary N) is 1. The molecule has 1 aliphatic heterocycles. The number of benzene rings is 1. The van der Waals surface area contributed by atoms with Crippen LogP contribution >= 0.6 is 0 Å². The molecule has 1 saturated heterocycles. The van der Waals surface area contributed by atoms with Crippen LogP contribution in [0.3, 0.4) is 0 Å². The van der Waals surface area contributed by atoms with Crippen LogP contribution in [0.5, 0.6) is 0 Å². The second kappa shape index (κ2) is 5.36. The Morgan fingerprint density at radius 3 is 2.82 bits per heavy atom. The highest BCUT2D eigenvalue weighted by Gasteiger charge is 2.18. The van der Waals surface area contributed by atoms with Crippen LogP contribution in [0.4, 0.5) is 8.78 Å². The van der Waals surface area contributed by atoms with Crippen molar-refractivity contribution in [1.29, 1.82) is 0 Å². The van der Waals surface area contributed by atoms with Gasteiger partial charge in [0.15, 0.2) is 11.6 Å². The zero-order valence-electron chi connectivity index (χ0n) is 9.51. The van der Waals surface area contributed by atoms with Gasteiger partial charge in [-0.3, -0.25) is 4.79 Å². The van der Waals surface area contributed by atoms with Gasteiger partial charge in [0.25, 0.3) is 0 Å². The second-order valence-electron chi connectivity index (χ2n) is 4.53. The fourth-order valence-electron chi connectivity index (χ4n) is 2.16. The first kappa shape index (κ1) is 12.2. The molecule has 1 fully saturated rings. The zero-order chi connectivity index (χ0) is 12.3. The molecule has 2 nitrogen and oxygen atoms in total. The van der Waals surface area contributed by atoms with Gasteiger partial charge >= 0.3 is 0 Å². The maximum atomic E-state index is 12.9. The van der Waals surface area contributed by atoms with E-state index in [2.05, 4.69) is 5.32 Å². The molecule has 17 heavy (non-hydrogen) atoms. The minimum Gasteiger partial charge on any atom is -0.316 e. The minimum atomic E-state index is -0.891. The number of carbonyl (C=O) groups is 1. The first-order valence-electron chi connectivity index (χ1n) is 5.81. The van der Waals surface area contributed by atoms with Crippen LogP contribution in [0.1, 0.15) is 18.4 Å². The molecule has 2 rings (SSSR count). The van der Waals surface area contributed by atoms with Crippen molar-refractivity contribution in [3.8, 4) is 0 Å². The summed E-state index contributed by atoms with van der Waals surface area (Å²) in [6, 6.07) is 3.62. The predicted octanol–water partition coefficient (Wildman–Crippen LogP) is 2.08. The van der Waals surface area contributed by atoms with E-state index in [1.54, 1.807) is 0 Å². The van der Waals surface area contributed by atoms with Crippen molar-refractivity contribution < 1.29 is 13.6 Å². The van der Waals surface area contributed by atoms with Gasteiger partial charge < -0.3 is 5.32 Å². The molecule has 1 N–H and O–H groups in total. The number of rotatable bonds is 4. The summed E-state index contributed by atoms with van der Waals surface area (Å²) in [5.74, 6) is -1.28. The highest BCUT2D eigenvalue weighted by atomic mass is 19.2. The van der Waals surface area contributed by atoms with E-state index in [-0.39, 0.29) is 12.2 Å². The third-order valence-electron chi connectivity index (χ3n) is 3.06. The number of Topliss-reactive ketones (excluding diaryl/α,β-unsaturated/α-hetero) is 1. The van der Waals surface area contributed by atoms with E-state index in [0.29, 0.717) is 17.9 Å². The average Bonchev–Trinajstić information content (AvgIpc) is 2.76. The Labute approximate surface area is 99.0 Å². The van der Waals surface area contributed by atoms with Gasteiger partial charge in [-0.2, -0.15) is 0 Å². The van der Waals surface area contributed by atoms with E-state index in [4.69, 9.17) is 0 Å². The lowest BCUT2D eigenvalue weighted by Crippen LogP contribution is -2.14. The van der Waals surface area contributed by atoms with E-state index < -0.39 is 11.6 Å². The third kappa shape index (κ3) is 3.33. The third-order valence-corrected chi connectivity index (χ3v) is 3.06. The zero-order valence-corrected chi connectivity index (χ0v) is 9.51. The normalized spacial score (nSPS) is 19.5. The lowest BCUT2D eigenvalue weighted by atomic mass is 9.98. The van der Waals surface area contributed by atoms with Gasteiger partial charge in [0, 0.05) is 12.8 Å². The van der Waals surface area contributed by atoms with Crippen LogP contribution in [-0.2, 0) is 11.2 Å². The van der Waals surface area contributed by atoms with Crippen molar-refractivity contribution in [3.63, 3.8) is 0 Å². The van der Waals surface area contributed by atoms with Crippen LogP contribution in [0, 0.1) is 17.6 Å². The Bertz CT molecular complexity index is 414. The molecule has 1 aliphatic rings. The fraction of sp³-hybridized carbons (Fsp3) is 0.462. The highest BCUT2D eigenvalue weighted by Crippen LogP contribution is 2.15. The first-order valence-corrected chi connectivity index (χ1v) is 5.81. The molecule has 0 radical (unpaired) electrons. The summed E-state index contributed by atoms with van der Waals surface area (Å²) in [5.41, 5.74) is 0.542. The van der Waals surface area contributed by atoms with Crippen molar-refractivity contribution in [2.45, 2.75) is 19.3 Å². The van der Waals surface area contributed by atoms with Gasteiger partial charge in [0.1, 0.15) is 5.78 Å². The topological polar surface area (TPSA) is 29.1 Å². The van der Waals surface area contributed by atoms with Crippen LogP contribution in [-0.4, -0.2) is 18.9 Å². The van der Waals surface area contributed by atoms with Crippen molar-refractivity contribution in [2.24, 2.45) is 5.92 Å². The molecule has 4 heteroatoms. The number of halogens is 2. The second-order valence-corrected chi connectivity index (χ2v) is 4.53. The Morgan fingerprint density at radius 2 is 2.18 bits per heavy atom. The smallest absolute Gasteiger partial charge is 0.159 e. The summed E-state index contributed by atoms with van der Waals surface area (Å²) in [4.78, 5) is 11.7. The molecule has 0 amide bonds. The number of hydrogen-bond donors (Lipinski definition) is 1. The van der Waals surface area contributed by atoms with Gasteiger partial charge in [-0.25, -0.2) is 8.78 Å². The van der Waals surface area contributed by atoms with Crippen molar-refractivity contribution in [3.05, 3.63) is 35.4 Å². The maximum Gasteiger partial charge on any atom is 0.159 e. The van der Waals surface area contributed by atoms with Crippen LogP contribution in [0.15, 0.2) is 18.2 Å². The Morgan fingerprint density at radius 1 is 1.35 bits per heavy atom. The Kier molecular flexibility index (Phi) is 3.84. The van der Waals surface area contributed by atoms with E-state index in [1.807, 2.05) is 0 Å². The van der Waals surface area contributed by atoms with E-state index >= 15 is 0 Å². The molecule has 1 aromatic carbocycles. The molecule has 1 heterocycles. The monoisotopic (exact) mass is 239 g/mol. The Hall–Kier alpha value is -1.29. The summed E-state index contributed by atoms with van der Waals surface area (Å²) >= 11 is 0. The molecular formula is C13H15F2NO. The largest absolute Gasteiger partial charge is 0.316 e. The van der Waals surface area contributed by atoms with Crippen LogP contribution < -0.4 is 5.32 Å². The predicted molar refractivity (Wildman–Crippen MR) is 60.7 cm³/mol. The Balaban J connectivity index is 1.90. The standard InChI is InChI=1S/C13H15F2NO/c14-12-2-1-9(7-13(12)15)5-11(17)6-10-3-4-16-8-10/h1-2,7,10,16H,3-6,8H2.